The van der Waals surface area contributed by atoms with Crippen molar-refractivity contribution in [3.05, 3.63) is 41.9 Å². The van der Waals surface area contributed by atoms with E-state index in [9.17, 15) is 9.59 Å². The molecule has 2 heterocycles. The van der Waals surface area contributed by atoms with E-state index in [1.54, 1.807) is 6.20 Å². The highest BCUT2D eigenvalue weighted by molar-refractivity contribution is 5.91. The van der Waals surface area contributed by atoms with Crippen molar-refractivity contribution in [2.24, 2.45) is 0 Å². The van der Waals surface area contributed by atoms with E-state index < -0.39 is 0 Å². The van der Waals surface area contributed by atoms with E-state index in [0.717, 1.165) is 31.4 Å². The number of alkyl carbamates (subject to hydrolysis) is 1. The third kappa shape index (κ3) is 5.54. The van der Waals surface area contributed by atoms with Gasteiger partial charge in [0.25, 0.3) is 0 Å². The maximum atomic E-state index is 12.1. The Hall–Kier alpha value is -2.90. The summed E-state index contributed by atoms with van der Waals surface area (Å²) in [5.74, 6) is 0.575. The SMILES string of the molecule is CCCNC(=O)OC1CCC(c2cc(NC(=O)Cc3ccccn3)n[nH]2)C1. The van der Waals surface area contributed by atoms with Crippen LogP contribution in [0.25, 0.3) is 0 Å². The number of carbonyl (C=O) groups excluding carboxylic acids is 2. The van der Waals surface area contributed by atoms with E-state index in [4.69, 9.17) is 4.74 Å². The standard InChI is InChI=1S/C19H25N5O3/c1-2-8-21-19(26)27-15-7-6-13(10-15)16-12-17(24-23-16)22-18(25)11-14-5-3-4-9-20-14/h3-5,9,12-13,15H,2,6-8,10-11H2,1H3,(H,21,26)(H2,22,23,24,25). The largest absolute Gasteiger partial charge is 0.446 e. The lowest BCUT2D eigenvalue weighted by Crippen LogP contribution is -2.28. The van der Waals surface area contributed by atoms with Gasteiger partial charge in [0.1, 0.15) is 6.10 Å². The summed E-state index contributed by atoms with van der Waals surface area (Å²) in [6.07, 6.45) is 4.80. The summed E-state index contributed by atoms with van der Waals surface area (Å²) >= 11 is 0. The number of aromatic amines is 1. The number of ether oxygens (including phenoxy) is 1. The predicted octanol–water partition coefficient (Wildman–Crippen LogP) is 2.76. The highest BCUT2D eigenvalue weighted by atomic mass is 16.6. The Morgan fingerprint density at radius 1 is 1.33 bits per heavy atom. The van der Waals surface area contributed by atoms with Crippen LogP contribution in [0.2, 0.25) is 0 Å². The Morgan fingerprint density at radius 3 is 3.00 bits per heavy atom. The van der Waals surface area contributed by atoms with Crippen LogP contribution in [0.15, 0.2) is 30.5 Å². The minimum Gasteiger partial charge on any atom is -0.446 e. The lowest BCUT2D eigenvalue weighted by atomic mass is 10.0. The van der Waals surface area contributed by atoms with Crippen molar-refractivity contribution < 1.29 is 14.3 Å². The van der Waals surface area contributed by atoms with Crippen molar-refractivity contribution in [1.29, 1.82) is 0 Å². The smallest absolute Gasteiger partial charge is 0.407 e. The molecular weight excluding hydrogens is 346 g/mol. The average molecular weight is 371 g/mol. The van der Waals surface area contributed by atoms with Gasteiger partial charge < -0.3 is 15.4 Å². The van der Waals surface area contributed by atoms with E-state index in [1.807, 2.05) is 31.2 Å². The summed E-state index contributed by atoms with van der Waals surface area (Å²) in [6.45, 7) is 2.62. The first-order valence-corrected chi connectivity index (χ1v) is 9.33. The van der Waals surface area contributed by atoms with Gasteiger partial charge in [-0.1, -0.05) is 13.0 Å². The molecule has 144 valence electrons. The van der Waals surface area contributed by atoms with E-state index in [2.05, 4.69) is 25.8 Å². The van der Waals surface area contributed by atoms with Crippen LogP contribution < -0.4 is 10.6 Å². The number of rotatable bonds is 7. The zero-order chi connectivity index (χ0) is 19.1. The molecule has 0 bridgehead atoms. The van der Waals surface area contributed by atoms with Crippen LogP contribution in [0.3, 0.4) is 0 Å². The second-order valence-electron chi connectivity index (χ2n) is 6.72. The van der Waals surface area contributed by atoms with Crippen LogP contribution in [-0.4, -0.2) is 39.8 Å². The molecule has 0 radical (unpaired) electrons. The Bertz CT molecular complexity index is 762. The molecule has 2 atom stereocenters. The van der Waals surface area contributed by atoms with Crippen LogP contribution >= 0.6 is 0 Å². The third-order valence-corrected chi connectivity index (χ3v) is 4.55. The molecule has 0 saturated heterocycles. The zero-order valence-electron chi connectivity index (χ0n) is 15.4. The summed E-state index contributed by atoms with van der Waals surface area (Å²) in [7, 11) is 0. The fourth-order valence-corrected chi connectivity index (χ4v) is 3.21. The number of hydrogen-bond donors (Lipinski definition) is 3. The van der Waals surface area contributed by atoms with Crippen LogP contribution in [0.4, 0.5) is 10.6 Å². The van der Waals surface area contributed by atoms with Gasteiger partial charge in [0.15, 0.2) is 5.82 Å². The first-order valence-electron chi connectivity index (χ1n) is 9.33. The van der Waals surface area contributed by atoms with Crippen LogP contribution in [-0.2, 0) is 16.0 Å². The fraction of sp³-hybridized carbons (Fsp3) is 0.474. The Kier molecular flexibility index (Phi) is 6.40. The first kappa shape index (κ1) is 18.9. The van der Waals surface area contributed by atoms with Crippen LogP contribution in [0, 0.1) is 0 Å². The summed E-state index contributed by atoms with van der Waals surface area (Å²) in [5, 5.41) is 12.7. The second kappa shape index (κ2) is 9.16. The summed E-state index contributed by atoms with van der Waals surface area (Å²) < 4.78 is 5.44. The van der Waals surface area contributed by atoms with Gasteiger partial charge in [-0.15, -0.1) is 0 Å². The molecule has 3 rings (SSSR count). The maximum Gasteiger partial charge on any atom is 0.407 e. The molecule has 0 aromatic carbocycles. The quantitative estimate of drug-likeness (QED) is 0.693. The molecule has 2 aromatic heterocycles. The monoisotopic (exact) mass is 371 g/mol. The molecule has 1 aliphatic carbocycles. The molecule has 2 aromatic rings. The highest BCUT2D eigenvalue weighted by Gasteiger charge is 2.29. The minimum atomic E-state index is -0.352. The second-order valence-corrected chi connectivity index (χ2v) is 6.72. The number of aromatic nitrogens is 3. The number of H-pyrrole nitrogens is 1. The van der Waals surface area contributed by atoms with Crippen molar-refractivity contribution in [3.63, 3.8) is 0 Å². The Labute approximate surface area is 158 Å². The van der Waals surface area contributed by atoms with E-state index in [1.165, 1.54) is 0 Å². The van der Waals surface area contributed by atoms with Crippen molar-refractivity contribution in [2.45, 2.75) is 51.0 Å². The summed E-state index contributed by atoms with van der Waals surface area (Å²) in [4.78, 5) is 27.9. The summed E-state index contributed by atoms with van der Waals surface area (Å²) in [6, 6.07) is 7.32. The van der Waals surface area contributed by atoms with Crippen molar-refractivity contribution in [2.75, 3.05) is 11.9 Å². The van der Waals surface area contributed by atoms with Gasteiger partial charge >= 0.3 is 6.09 Å². The predicted molar refractivity (Wildman–Crippen MR) is 100 cm³/mol. The molecule has 3 N–H and O–H groups in total. The van der Waals surface area contributed by atoms with Gasteiger partial charge in [0, 0.05) is 36.1 Å². The van der Waals surface area contributed by atoms with Crippen LogP contribution in [0.5, 0.6) is 0 Å². The minimum absolute atomic E-state index is 0.0858. The number of pyridine rings is 1. The molecule has 0 aliphatic heterocycles. The number of amides is 2. The van der Waals surface area contributed by atoms with Crippen molar-refractivity contribution in [3.8, 4) is 0 Å². The highest BCUT2D eigenvalue weighted by Crippen LogP contribution is 2.35. The molecule has 8 heteroatoms. The van der Waals surface area contributed by atoms with Gasteiger partial charge in [0.2, 0.25) is 5.91 Å². The number of carbonyl (C=O) groups is 2. The molecule has 0 spiro atoms. The van der Waals surface area contributed by atoms with Crippen LogP contribution in [0.1, 0.15) is 49.9 Å². The van der Waals surface area contributed by atoms with Gasteiger partial charge in [-0.2, -0.15) is 5.10 Å². The number of anilines is 1. The zero-order valence-corrected chi connectivity index (χ0v) is 15.4. The van der Waals surface area contributed by atoms with E-state index >= 15 is 0 Å². The normalized spacial score (nSPS) is 18.9. The van der Waals surface area contributed by atoms with Gasteiger partial charge in [-0.3, -0.25) is 14.9 Å². The molecule has 8 nitrogen and oxygen atoms in total. The molecule has 1 saturated carbocycles. The molecule has 27 heavy (non-hydrogen) atoms. The number of nitrogens with zero attached hydrogens (tertiary/aromatic N) is 2. The molecule has 2 amide bonds. The Balaban J connectivity index is 1.48. The molecular formula is C19H25N5O3. The van der Waals surface area contributed by atoms with Gasteiger partial charge in [-0.25, -0.2) is 4.79 Å². The molecule has 2 unspecified atom stereocenters. The van der Waals surface area contributed by atoms with E-state index in [-0.39, 0.29) is 30.4 Å². The third-order valence-electron chi connectivity index (χ3n) is 4.55. The van der Waals surface area contributed by atoms with Crippen molar-refractivity contribution in [1.82, 2.24) is 20.5 Å². The topological polar surface area (TPSA) is 109 Å². The lowest BCUT2D eigenvalue weighted by molar-refractivity contribution is -0.115. The number of hydrogen-bond acceptors (Lipinski definition) is 5. The van der Waals surface area contributed by atoms with E-state index in [0.29, 0.717) is 18.1 Å². The van der Waals surface area contributed by atoms with Gasteiger partial charge in [0.05, 0.1) is 6.42 Å². The molecule has 1 aliphatic rings. The first-order chi connectivity index (χ1) is 13.1. The Morgan fingerprint density at radius 2 is 2.22 bits per heavy atom. The molecule has 1 fully saturated rings. The van der Waals surface area contributed by atoms with Gasteiger partial charge in [-0.05, 0) is 37.8 Å². The fourth-order valence-electron chi connectivity index (χ4n) is 3.21. The number of nitrogens with one attached hydrogen (secondary N) is 3. The maximum absolute atomic E-state index is 12.1. The average Bonchev–Trinajstić information content (AvgIpc) is 3.30. The summed E-state index contributed by atoms with van der Waals surface area (Å²) in [5.41, 5.74) is 1.66. The lowest BCUT2D eigenvalue weighted by Gasteiger charge is -2.12. The van der Waals surface area contributed by atoms with Crippen molar-refractivity contribution >= 4 is 17.8 Å².